The Bertz CT molecular complexity index is 171. The van der Waals surface area contributed by atoms with Crippen molar-refractivity contribution in [2.75, 3.05) is 6.61 Å². The van der Waals surface area contributed by atoms with E-state index >= 15 is 0 Å². The molecule has 0 aliphatic carbocycles. The quantitative estimate of drug-likeness (QED) is 0.604. The van der Waals surface area contributed by atoms with Crippen LogP contribution < -0.4 is 11.2 Å². The maximum Gasteiger partial charge on any atom is 0.245 e. The Morgan fingerprint density at radius 1 is 1.20 bits per heavy atom. The maximum absolute atomic E-state index is 10.5. The highest BCUT2D eigenvalue weighted by Gasteiger charge is 2.12. The molecular formula is C11H24N2O2. The number of hydrogen-bond acceptors (Lipinski definition) is 3. The predicted octanol–water partition coefficient (Wildman–Crippen LogP) is 1.45. The van der Waals surface area contributed by atoms with E-state index in [2.05, 4.69) is 33.2 Å². The van der Waals surface area contributed by atoms with E-state index in [4.69, 9.17) is 10.6 Å². The van der Waals surface area contributed by atoms with Crippen molar-refractivity contribution in [3.8, 4) is 0 Å². The molecule has 3 N–H and O–H groups in total. The van der Waals surface area contributed by atoms with Crippen LogP contribution in [0.2, 0.25) is 0 Å². The zero-order chi connectivity index (χ0) is 11.8. The largest absolute Gasteiger partial charge is 0.368 e. The number of amides is 1. The Morgan fingerprint density at radius 3 is 2.00 bits per heavy atom. The van der Waals surface area contributed by atoms with E-state index in [0.29, 0.717) is 17.9 Å². The Balaban J connectivity index is 3.84. The first-order valence-corrected chi connectivity index (χ1v) is 5.57. The Kier molecular flexibility index (Phi) is 7.34. The van der Waals surface area contributed by atoms with E-state index in [0.717, 1.165) is 12.8 Å². The van der Waals surface area contributed by atoms with Gasteiger partial charge >= 0.3 is 0 Å². The maximum atomic E-state index is 10.5. The van der Waals surface area contributed by atoms with Gasteiger partial charge in [-0.05, 0) is 24.7 Å². The van der Waals surface area contributed by atoms with E-state index in [-0.39, 0.29) is 6.61 Å². The average molecular weight is 216 g/mol. The van der Waals surface area contributed by atoms with Crippen LogP contribution in [-0.2, 0) is 9.63 Å². The molecule has 0 atom stereocenters. The molecule has 0 saturated carbocycles. The molecule has 0 spiro atoms. The number of rotatable bonds is 8. The fourth-order valence-corrected chi connectivity index (χ4v) is 1.56. The molecule has 0 aliphatic heterocycles. The molecule has 1 amide bonds. The Labute approximate surface area is 92.5 Å². The first-order valence-electron chi connectivity index (χ1n) is 5.57. The van der Waals surface area contributed by atoms with Crippen molar-refractivity contribution in [2.24, 2.45) is 17.6 Å². The number of primary amides is 1. The summed E-state index contributed by atoms with van der Waals surface area (Å²) in [4.78, 5) is 15.5. The Hall–Kier alpha value is -0.610. The minimum Gasteiger partial charge on any atom is -0.368 e. The molecule has 0 aromatic heterocycles. The van der Waals surface area contributed by atoms with Crippen molar-refractivity contribution in [1.29, 1.82) is 0 Å². The summed E-state index contributed by atoms with van der Waals surface area (Å²) in [5.74, 6) is 0.771. The van der Waals surface area contributed by atoms with Gasteiger partial charge < -0.3 is 5.73 Å². The standard InChI is InChI=1S/C11H24N2O2/c1-8(2)5-10(6-9(3)4)13-15-7-11(12)14/h8-10,13H,5-7H2,1-4H3,(H2,12,14). The normalized spacial score (nSPS) is 11.7. The molecule has 0 fully saturated rings. The van der Waals surface area contributed by atoms with Gasteiger partial charge in [-0.1, -0.05) is 27.7 Å². The van der Waals surface area contributed by atoms with E-state index in [1.807, 2.05) is 0 Å². The van der Waals surface area contributed by atoms with Gasteiger partial charge in [0.05, 0.1) is 0 Å². The van der Waals surface area contributed by atoms with E-state index in [1.54, 1.807) is 0 Å². The number of hydroxylamine groups is 1. The fourth-order valence-electron chi connectivity index (χ4n) is 1.56. The molecule has 0 aromatic carbocycles. The second-order valence-corrected chi connectivity index (χ2v) is 4.83. The van der Waals surface area contributed by atoms with Crippen LogP contribution in [0.15, 0.2) is 0 Å². The molecule has 0 unspecified atom stereocenters. The highest BCUT2D eigenvalue weighted by Crippen LogP contribution is 2.13. The lowest BCUT2D eigenvalue weighted by molar-refractivity contribution is -0.126. The van der Waals surface area contributed by atoms with Crippen molar-refractivity contribution in [1.82, 2.24) is 5.48 Å². The molecular weight excluding hydrogens is 192 g/mol. The van der Waals surface area contributed by atoms with Crippen LogP contribution >= 0.6 is 0 Å². The monoisotopic (exact) mass is 216 g/mol. The smallest absolute Gasteiger partial charge is 0.245 e. The summed E-state index contributed by atoms with van der Waals surface area (Å²) in [6.45, 7) is 8.62. The van der Waals surface area contributed by atoms with Gasteiger partial charge in [-0.2, -0.15) is 5.48 Å². The third-order valence-corrected chi connectivity index (χ3v) is 1.98. The zero-order valence-corrected chi connectivity index (χ0v) is 10.2. The molecule has 0 rings (SSSR count). The Morgan fingerprint density at radius 2 is 1.67 bits per heavy atom. The fraction of sp³-hybridized carbons (Fsp3) is 0.909. The number of carbonyl (C=O) groups is 1. The molecule has 90 valence electrons. The van der Waals surface area contributed by atoms with Gasteiger partial charge in [-0.25, -0.2) is 0 Å². The average Bonchev–Trinajstić information content (AvgIpc) is 2.00. The molecule has 4 nitrogen and oxygen atoms in total. The number of nitrogens with one attached hydrogen (secondary N) is 1. The molecule has 0 aliphatic rings. The lowest BCUT2D eigenvalue weighted by Gasteiger charge is -2.21. The third kappa shape index (κ3) is 9.69. The van der Waals surface area contributed by atoms with Gasteiger partial charge in [0, 0.05) is 6.04 Å². The van der Waals surface area contributed by atoms with Crippen LogP contribution in [0.5, 0.6) is 0 Å². The van der Waals surface area contributed by atoms with Gasteiger partial charge in [0.1, 0.15) is 6.61 Å². The second-order valence-electron chi connectivity index (χ2n) is 4.83. The summed E-state index contributed by atoms with van der Waals surface area (Å²) >= 11 is 0. The SMILES string of the molecule is CC(C)CC(CC(C)C)NOCC(N)=O. The van der Waals surface area contributed by atoms with Gasteiger partial charge in [0.2, 0.25) is 5.91 Å². The van der Waals surface area contributed by atoms with Gasteiger partial charge in [-0.15, -0.1) is 0 Å². The van der Waals surface area contributed by atoms with Crippen LogP contribution in [0.3, 0.4) is 0 Å². The van der Waals surface area contributed by atoms with E-state index in [1.165, 1.54) is 0 Å². The predicted molar refractivity (Wildman–Crippen MR) is 61.0 cm³/mol. The van der Waals surface area contributed by atoms with Crippen molar-refractivity contribution in [2.45, 2.75) is 46.6 Å². The van der Waals surface area contributed by atoms with Gasteiger partial charge in [-0.3, -0.25) is 9.63 Å². The lowest BCUT2D eigenvalue weighted by Crippen LogP contribution is -2.34. The highest BCUT2D eigenvalue weighted by molar-refractivity contribution is 5.74. The van der Waals surface area contributed by atoms with Crippen molar-refractivity contribution >= 4 is 5.91 Å². The first-order chi connectivity index (χ1) is 6.91. The van der Waals surface area contributed by atoms with Gasteiger partial charge in [0.15, 0.2) is 0 Å². The summed E-state index contributed by atoms with van der Waals surface area (Å²) in [5.41, 5.74) is 7.89. The lowest BCUT2D eigenvalue weighted by atomic mass is 9.96. The number of nitrogens with two attached hydrogens (primary N) is 1. The topological polar surface area (TPSA) is 64.3 Å². The molecule has 4 heteroatoms. The summed E-state index contributed by atoms with van der Waals surface area (Å²) in [6, 6.07) is 0.296. The molecule has 0 bridgehead atoms. The summed E-state index contributed by atoms with van der Waals surface area (Å²) in [6.07, 6.45) is 2.08. The van der Waals surface area contributed by atoms with Crippen molar-refractivity contribution in [3.05, 3.63) is 0 Å². The van der Waals surface area contributed by atoms with Crippen LogP contribution in [-0.4, -0.2) is 18.6 Å². The number of hydrogen-bond donors (Lipinski definition) is 2. The van der Waals surface area contributed by atoms with E-state index in [9.17, 15) is 4.79 Å². The molecule has 15 heavy (non-hydrogen) atoms. The third-order valence-electron chi connectivity index (χ3n) is 1.98. The molecule has 0 heterocycles. The zero-order valence-electron chi connectivity index (χ0n) is 10.2. The van der Waals surface area contributed by atoms with Crippen LogP contribution in [0.4, 0.5) is 0 Å². The molecule has 0 saturated heterocycles. The molecule has 0 aromatic rings. The minimum absolute atomic E-state index is 0.0628. The summed E-state index contributed by atoms with van der Waals surface area (Å²) in [5, 5.41) is 0. The number of carbonyl (C=O) groups excluding carboxylic acids is 1. The van der Waals surface area contributed by atoms with Crippen LogP contribution in [0, 0.1) is 11.8 Å². The summed E-state index contributed by atoms with van der Waals surface area (Å²) in [7, 11) is 0. The second kappa shape index (κ2) is 7.65. The summed E-state index contributed by atoms with van der Waals surface area (Å²) < 4.78 is 0. The highest BCUT2D eigenvalue weighted by atomic mass is 16.6. The van der Waals surface area contributed by atoms with Crippen LogP contribution in [0.25, 0.3) is 0 Å². The first kappa shape index (κ1) is 14.4. The van der Waals surface area contributed by atoms with E-state index < -0.39 is 5.91 Å². The van der Waals surface area contributed by atoms with Crippen molar-refractivity contribution < 1.29 is 9.63 Å². The van der Waals surface area contributed by atoms with Crippen LogP contribution in [0.1, 0.15) is 40.5 Å². The molecule has 0 radical (unpaired) electrons. The van der Waals surface area contributed by atoms with Crippen molar-refractivity contribution in [3.63, 3.8) is 0 Å². The van der Waals surface area contributed by atoms with Gasteiger partial charge in [0.25, 0.3) is 0 Å². The minimum atomic E-state index is -0.449.